The Kier molecular flexibility index (Phi) is 6.90. The Morgan fingerprint density at radius 1 is 1.16 bits per heavy atom. The number of methoxy groups -OCH3 is 1. The molecule has 2 heterocycles. The molecule has 3 aromatic rings. The molecule has 2 aromatic carbocycles. The normalized spacial score (nSPS) is 14.7. The van der Waals surface area contributed by atoms with Crippen LogP contribution in [0.2, 0.25) is 0 Å². The zero-order chi connectivity index (χ0) is 22.5. The van der Waals surface area contributed by atoms with Gasteiger partial charge in [0.25, 0.3) is 0 Å². The number of hydrogen-bond donors (Lipinski definition) is 0. The number of ether oxygens (including phenoxy) is 2. The second-order valence-corrected chi connectivity index (χ2v) is 8.52. The van der Waals surface area contributed by atoms with Crippen LogP contribution in [0.3, 0.4) is 0 Å². The van der Waals surface area contributed by atoms with Gasteiger partial charge in [-0.15, -0.1) is 10.2 Å². The van der Waals surface area contributed by atoms with Gasteiger partial charge in [0.1, 0.15) is 5.75 Å². The molecule has 0 saturated carbocycles. The van der Waals surface area contributed by atoms with Crippen LogP contribution in [0, 0.1) is 0 Å². The molecule has 0 spiro atoms. The van der Waals surface area contributed by atoms with Crippen LogP contribution in [0.1, 0.15) is 44.9 Å². The second kappa shape index (κ2) is 9.99. The summed E-state index contributed by atoms with van der Waals surface area (Å²) < 4.78 is 11.8. The Balaban J connectivity index is 1.80. The van der Waals surface area contributed by atoms with E-state index in [0.717, 1.165) is 29.7 Å². The van der Waals surface area contributed by atoms with Crippen LogP contribution < -0.4 is 14.4 Å². The average molecular weight is 451 g/mol. The van der Waals surface area contributed by atoms with Crippen molar-refractivity contribution in [2.75, 3.05) is 17.8 Å². The minimum Gasteiger partial charge on any atom is -0.497 e. The summed E-state index contributed by atoms with van der Waals surface area (Å²) in [6.07, 6.45) is 2.70. The summed E-state index contributed by atoms with van der Waals surface area (Å²) >= 11 is 1.57. The summed E-state index contributed by atoms with van der Waals surface area (Å²) in [6, 6.07) is 15.1. The lowest BCUT2D eigenvalue weighted by Crippen LogP contribution is -2.36. The lowest BCUT2D eigenvalue weighted by atomic mass is 10.1. The summed E-state index contributed by atoms with van der Waals surface area (Å²) in [5, 5.41) is 9.35. The fraction of sp³-hybridized carbons (Fsp3) is 0.333. The molecule has 8 heteroatoms. The Morgan fingerprint density at radius 2 is 2.00 bits per heavy atom. The van der Waals surface area contributed by atoms with Crippen LogP contribution in [0.4, 0.5) is 5.69 Å². The summed E-state index contributed by atoms with van der Waals surface area (Å²) in [6.45, 7) is 3.70. The maximum absolute atomic E-state index is 12.8. The fourth-order valence-electron chi connectivity index (χ4n) is 3.64. The van der Waals surface area contributed by atoms with E-state index in [2.05, 4.69) is 22.1 Å². The molecule has 4 rings (SSSR count). The molecule has 0 radical (unpaired) electrons. The number of amides is 1. The summed E-state index contributed by atoms with van der Waals surface area (Å²) in [4.78, 5) is 19.1. The van der Waals surface area contributed by atoms with E-state index in [4.69, 9.17) is 9.47 Å². The molecule has 0 aliphatic carbocycles. The minimum absolute atomic E-state index is 0.153. The molecule has 0 bridgehead atoms. The second-order valence-electron chi connectivity index (χ2n) is 7.46. The molecule has 1 aromatic heterocycles. The third-order valence-corrected chi connectivity index (χ3v) is 6.13. The lowest BCUT2D eigenvalue weighted by Gasteiger charge is -2.30. The topological polar surface area (TPSA) is 77.4 Å². The number of carbonyl (C=O) groups excluding carboxylic acids is 1. The van der Waals surface area contributed by atoms with Crippen molar-refractivity contribution in [2.24, 2.45) is 0 Å². The molecule has 32 heavy (non-hydrogen) atoms. The monoisotopic (exact) mass is 450 g/mol. The van der Waals surface area contributed by atoms with E-state index in [1.54, 1.807) is 23.8 Å². The lowest BCUT2D eigenvalue weighted by molar-refractivity contribution is -0.118. The van der Waals surface area contributed by atoms with Crippen molar-refractivity contribution < 1.29 is 14.3 Å². The van der Waals surface area contributed by atoms with Crippen molar-refractivity contribution >= 4 is 23.4 Å². The quantitative estimate of drug-likeness (QED) is 0.358. The third-order valence-electron chi connectivity index (χ3n) is 5.21. The van der Waals surface area contributed by atoms with Crippen LogP contribution in [0.5, 0.6) is 11.6 Å². The first kappa shape index (κ1) is 22.1. The van der Waals surface area contributed by atoms with E-state index in [9.17, 15) is 4.79 Å². The van der Waals surface area contributed by atoms with Gasteiger partial charge in [-0.1, -0.05) is 61.9 Å². The molecule has 1 aliphatic heterocycles. The number of unbranched alkanes of at least 4 members (excludes halogenated alkanes) is 2. The highest BCUT2D eigenvalue weighted by molar-refractivity contribution is 7.99. The molecule has 0 N–H and O–H groups in total. The highest BCUT2D eigenvalue weighted by Gasteiger charge is 2.34. The minimum atomic E-state index is -0.723. The maximum atomic E-state index is 12.8. The van der Waals surface area contributed by atoms with E-state index in [1.165, 1.54) is 13.3 Å². The Labute approximate surface area is 192 Å². The van der Waals surface area contributed by atoms with E-state index < -0.39 is 6.23 Å². The van der Waals surface area contributed by atoms with Crippen LogP contribution in [-0.2, 0) is 4.79 Å². The van der Waals surface area contributed by atoms with Gasteiger partial charge < -0.3 is 9.47 Å². The first-order valence-corrected chi connectivity index (χ1v) is 11.7. The average Bonchev–Trinajstić information content (AvgIpc) is 2.96. The van der Waals surface area contributed by atoms with Crippen LogP contribution in [-0.4, -0.2) is 34.0 Å². The predicted octanol–water partition coefficient (Wildman–Crippen LogP) is 5.27. The maximum Gasteiger partial charge on any atom is 0.247 e. The zero-order valence-electron chi connectivity index (χ0n) is 18.4. The number of benzene rings is 2. The number of fused-ring (bicyclic) bond motifs is 3. The van der Waals surface area contributed by atoms with Crippen LogP contribution in [0.15, 0.2) is 53.7 Å². The molecule has 0 unspecified atom stereocenters. The fourth-order valence-corrected chi connectivity index (χ4v) is 4.42. The number of para-hydroxylation sites is 1. The molecule has 1 aliphatic rings. The van der Waals surface area contributed by atoms with Crippen LogP contribution in [0.25, 0.3) is 11.3 Å². The summed E-state index contributed by atoms with van der Waals surface area (Å²) in [5.41, 5.74) is 2.75. The first-order chi connectivity index (χ1) is 15.6. The van der Waals surface area contributed by atoms with Crippen molar-refractivity contribution in [3.05, 3.63) is 54.1 Å². The number of nitrogens with zero attached hydrogens (tertiary/aromatic N) is 4. The molecule has 166 valence electrons. The van der Waals surface area contributed by atoms with Crippen molar-refractivity contribution in [2.45, 2.75) is 44.5 Å². The van der Waals surface area contributed by atoms with Gasteiger partial charge in [-0.2, -0.15) is 4.98 Å². The molecule has 0 saturated heterocycles. The van der Waals surface area contributed by atoms with Gasteiger partial charge in [0.15, 0.2) is 5.69 Å². The van der Waals surface area contributed by atoms with Gasteiger partial charge >= 0.3 is 0 Å². The molecular weight excluding hydrogens is 424 g/mol. The largest absolute Gasteiger partial charge is 0.497 e. The van der Waals surface area contributed by atoms with Crippen LogP contribution >= 0.6 is 11.8 Å². The number of carbonyl (C=O) groups is 1. The van der Waals surface area contributed by atoms with Gasteiger partial charge in [-0.25, -0.2) is 0 Å². The highest BCUT2D eigenvalue weighted by atomic mass is 32.2. The van der Waals surface area contributed by atoms with Crippen molar-refractivity contribution in [3.63, 3.8) is 0 Å². The smallest absolute Gasteiger partial charge is 0.247 e. The van der Waals surface area contributed by atoms with E-state index in [1.807, 2.05) is 48.5 Å². The van der Waals surface area contributed by atoms with Gasteiger partial charge in [-0.3, -0.25) is 9.69 Å². The number of rotatable bonds is 7. The van der Waals surface area contributed by atoms with Crippen molar-refractivity contribution in [1.82, 2.24) is 15.2 Å². The SMILES string of the molecule is CCCCCSc1nnc2c(n1)O[C@@H](c1cccc(OC)c1)N(C(C)=O)c1ccccc1-2. The third kappa shape index (κ3) is 4.55. The molecular formula is C24H26N4O3S. The Hall–Kier alpha value is -3.13. The first-order valence-electron chi connectivity index (χ1n) is 10.7. The number of thioether (sulfide) groups is 1. The highest BCUT2D eigenvalue weighted by Crippen LogP contribution is 2.43. The standard InChI is InChI=1S/C24H26N4O3S/c1-4-5-8-14-32-24-25-22-21(26-27-24)19-12-6-7-13-20(19)28(16(2)29)23(31-22)17-10-9-11-18(15-17)30-3/h6-7,9-13,15,23H,4-5,8,14H2,1-3H3/t23-/m0/s1. The Bertz CT molecular complexity index is 1110. The van der Waals surface area contributed by atoms with Crippen molar-refractivity contribution in [1.29, 1.82) is 0 Å². The van der Waals surface area contributed by atoms with E-state index in [-0.39, 0.29) is 5.91 Å². The molecule has 7 nitrogen and oxygen atoms in total. The predicted molar refractivity (Wildman–Crippen MR) is 125 cm³/mol. The van der Waals surface area contributed by atoms with E-state index >= 15 is 0 Å². The number of aromatic nitrogens is 3. The molecule has 1 atom stereocenters. The van der Waals surface area contributed by atoms with Crippen molar-refractivity contribution in [3.8, 4) is 22.9 Å². The summed E-state index contributed by atoms with van der Waals surface area (Å²) in [7, 11) is 1.61. The summed E-state index contributed by atoms with van der Waals surface area (Å²) in [5.74, 6) is 1.81. The number of hydrogen-bond acceptors (Lipinski definition) is 7. The van der Waals surface area contributed by atoms with Gasteiger partial charge in [0.2, 0.25) is 23.2 Å². The van der Waals surface area contributed by atoms with Gasteiger partial charge in [-0.05, 0) is 24.6 Å². The van der Waals surface area contributed by atoms with Gasteiger partial charge in [0, 0.05) is 23.8 Å². The molecule has 1 amide bonds. The van der Waals surface area contributed by atoms with E-state index in [0.29, 0.717) is 28.2 Å². The van der Waals surface area contributed by atoms with Gasteiger partial charge in [0.05, 0.1) is 12.8 Å². The molecule has 0 fully saturated rings. The zero-order valence-corrected chi connectivity index (χ0v) is 19.3. The Morgan fingerprint density at radius 3 is 2.78 bits per heavy atom. The number of anilines is 1.